The Hall–Kier alpha value is -3.13. The number of carbonyl (C=O) groups is 2. The van der Waals surface area contributed by atoms with Crippen molar-refractivity contribution in [2.75, 3.05) is 20.2 Å². The predicted molar refractivity (Wildman–Crippen MR) is 149 cm³/mol. The van der Waals surface area contributed by atoms with Gasteiger partial charge < -0.3 is 14.5 Å². The van der Waals surface area contributed by atoms with Gasteiger partial charge in [-0.05, 0) is 55.5 Å². The number of alkyl halides is 3. The third kappa shape index (κ3) is 9.45. The Morgan fingerprint density at radius 1 is 1.14 bits per heavy atom. The SMILES string of the molecule is CCCCCCCCNC(=O)c1coc([C@@H]2CCCN2Cc2cc(OC)ccc2CCC(=O)NS(=O)(=O)C(F)(F)F)n1. The maximum absolute atomic E-state index is 12.6. The monoisotopic (exact) mass is 616 g/mol. The van der Waals surface area contributed by atoms with Gasteiger partial charge in [-0.25, -0.2) is 9.71 Å². The zero-order chi connectivity index (χ0) is 30.8. The first-order chi connectivity index (χ1) is 19.9. The third-order valence-electron chi connectivity index (χ3n) is 7.18. The Morgan fingerprint density at radius 3 is 2.60 bits per heavy atom. The van der Waals surface area contributed by atoms with Gasteiger partial charge in [0.05, 0.1) is 13.2 Å². The normalized spacial score (nSPS) is 16.0. The molecule has 0 radical (unpaired) electrons. The molecule has 14 heteroatoms. The van der Waals surface area contributed by atoms with Crippen LogP contribution in [0.25, 0.3) is 0 Å². The molecule has 2 heterocycles. The predicted octanol–water partition coefficient (Wildman–Crippen LogP) is 5.01. The largest absolute Gasteiger partial charge is 0.516 e. The summed E-state index contributed by atoms with van der Waals surface area (Å²) in [5.41, 5.74) is -3.95. The van der Waals surface area contributed by atoms with Crippen molar-refractivity contribution in [2.24, 2.45) is 0 Å². The third-order valence-corrected chi connectivity index (χ3v) is 8.29. The Kier molecular flexibility index (Phi) is 12.2. The van der Waals surface area contributed by atoms with Crippen molar-refractivity contribution >= 4 is 21.8 Å². The fourth-order valence-corrected chi connectivity index (χ4v) is 5.40. The number of amides is 2. The highest BCUT2D eigenvalue weighted by Gasteiger charge is 2.46. The molecule has 2 amide bonds. The molecule has 2 N–H and O–H groups in total. The van der Waals surface area contributed by atoms with E-state index in [0.29, 0.717) is 36.8 Å². The molecule has 0 aliphatic carbocycles. The number of oxazole rings is 1. The van der Waals surface area contributed by atoms with E-state index >= 15 is 0 Å². The quantitative estimate of drug-likeness (QED) is 0.252. The van der Waals surface area contributed by atoms with E-state index in [9.17, 15) is 31.2 Å². The molecule has 1 aromatic carbocycles. The van der Waals surface area contributed by atoms with Gasteiger partial charge in [-0.1, -0.05) is 45.1 Å². The molecule has 234 valence electrons. The average Bonchev–Trinajstić information content (AvgIpc) is 3.60. The molecule has 10 nitrogen and oxygen atoms in total. The van der Waals surface area contributed by atoms with Crippen LogP contribution in [-0.2, 0) is 27.8 Å². The second kappa shape index (κ2) is 15.4. The van der Waals surface area contributed by atoms with Gasteiger partial charge in [0, 0.05) is 19.5 Å². The first-order valence-corrected chi connectivity index (χ1v) is 15.7. The van der Waals surface area contributed by atoms with Crippen LogP contribution in [0.2, 0.25) is 0 Å². The van der Waals surface area contributed by atoms with E-state index in [1.165, 1.54) is 32.6 Å². The van der Waals surface area contributed by atoms with E-state index in [4.69, 9.17) is 9.15 Å². The molecule has 1 atom stereocenters. The van der Waals surface area contributed by atoms with Crippen LogP contribution >= 0.6 is 0 Å². The van der Waals surface area contributed by atoms with Crippen molar-refractivity contribution in [1.82, 2.24) is 19.9 Å². The number of sulfonamides is 1. The summed E-state index contributed by atoms with van der Waals surface area (Å²) < 4.78 is 72.5. The van der Waals surface area contributed by atoms with Crippen LogP contribution in [0.3, 0.4) is 0 Å². The summed E-state index contributed by atoms with van der Waals surface area (Å²) in [6.45, 7) is 3.83. The summed E-state index contributed by atoms with van der Waals surface area (Å²) in [5.74, 6) is -0.577. The van der Waals surface area contributed by atoms with Gasteiger partial charge in [0.1, 0.15) is 12.0 Å². The molecular weight excluding hydrogens is 577 g/mol. The number of benzene rings is 1. The first-order valence-electron chi connectivity index (χ1n) is 14.2. The number of hydrogen-bond acceptors (Lipinski definition) is 8. The number of methoxy groups -OCH3 is 1. The topological polar surface area (TPSA) is 131 Å². The van der Waals surface area contributed by atoms with Crippen LogP contribution in [0, 0.1) is 0 Å². The fraction of sp³-hybridized carbons (Fsp3) is 0.607. The number of rotatable bonds is 16. The number of aromatic nitrogens is 1. The molecule has 42 heavy (non-hydrogen) atoms. The molecule has 0 spiro atoms. The van der Waals surface area contributed by atoms with Gasteiger partial charge in [-0.2, -0.15) is 21.6 Å². The molecule has 1 fully saturated rings. The number of aryl methyl sites for hydroxylation is 1. The lowest BCUT2D eigenvalue weighted by molar-refractivity contribution is -0.120. The van der Waals surface area contributed by atoms with Crippen molar-refractivity contribution < 1.29 is 40.3 Å². The molecule has 0 unspecified atom stereocenters. The van der Waals surface area contributed by atoms with Crippen molar-refractivity contribution in [3.8, 4) is 5.75 Å². The number of unbranched alkanes of at least 4 members (excludes halogenated alkanes) is 5. The lowest BCUT2D eigenvalue weighted by Crippen LogP contribution is -2.40. The molecule has 2 aromatic rings. The van der Waals surface area contributed by atoms with Crippen LogP contribution in [0.4, 0.5) is 13.2 Å². The van der Waals surface area contributed by atoms with Crippen molar-refractivity contribution in [2.45, 2.75) is 89.2 Å². The summed E-state index contributed by atoms with van der Waals surface area (Å²) in [5, 5.41) is 2.89. The van der Waals surface area contributed by atoms with Crippen molar-refractivity contribution in [1.29, 1.82) is 0 Å². The van der Waals surface area contributed by atoms with E-state index in [1.54, 1.807) is 18.2 Å². The number of halogens is 3. The molecular formula is C28H39F3N4O6S. The summed E-state index contributed by atoms with van der Waals surface area (Å²) in [6.07, 6.45) is 9.22. The molecule has 1 aliphatic heterocycles. The zero-order valence-corrected chi connectivity index (χ0v) is 24.8. The Labute approximate surface area is 244 Å². The zero-order valence-electron chi connectivity index (χ0n) is 24.0. The Bertz CT molecular complexity index is 1300. The van der Waals surface area contributed by atoms with E-state index in [-0.39, 0.29) is 24.1 Å². The van der Waals surface area contributed by atoms with Gasteiger partial charge >= 0.3 is 15.5 Å². The summed E-state index contributed by atoms with van der Waals surface area (Å²) >= 11 is 0. The van der Waals surface area contributed by atoms with Crippen molar-refractivity contribution in [3.63, 3.8) is 0 Å². The molecule has 1 aliphatic rings. The first kappa shape index (κ1) is 33.4. The molecule has 1 saturated heterocycles. The van der Waals surface area contributed by atoms with E-state index in [0.717, 1.165) is 42.4 Å². The second-order valence-corrected chi connectivity index (χ2v) is 12.0. The highest BCUT2D eigenvalue weighted by molar-refractivity contribution is 7.90. The smallest absolute Gasteiger partial charge is 0.497 e. The fourth-order valence-electron chi connectivity index (χ4n) is 4.88. The molecule has 0 saturated carbocycles. The Balaban J connectivity index is 1.62. The number of nitrogens with one attached hydrogen (secondary N) is 2. The van der Waals surface area contributed by atoms with Gasteiger partial charge in [0.2, 0.25) is 11.8 Å². The lowest BCUT2D eigenvalue weighted by atomic mass is 10.0. The highest BCUT2D eigenvalue weighted by Crippen LogP contribution is 2.34. The maximum Gasteiger partial charge on any atom is 0.516 e. The summed E-state index contributed by atoms with van der Waals surface area (Å²) in [6, 6.07) is 4.92. The van der Waals surface area contributed by atoms with E-state index in [2.05, 4.69) is 22.1 Å². The van der Waals surface area contributed by atoms with Crippen LogP contribution in [0.15, 0.2) is 28.9 Å². The number of nitrogens with zero attached hydrogens (tertiary/aromatic N) is 2. The van der Waals surface area contributed by atoms with Gasteiger partial charge in [0.15, 0.2) is 5.69 Å². The van der Waals surface area contributed by atoms with Gasteiger partial charge in [-0.3, -0.25) is 14.5 Å². The summed E-state index contributed by atoms with van der Waals surface area (Å²) in [4.78, 5) is 31.1. The van der Waals surface area contributed by atoms with Crippen LogP contribution in [-0.4, -0.2) is 55.8 Å². The minimum absolute atomic E-state index is 0.0129. The average molecular weight is 617 g/mol. The minimum atomic E-state index is -5.77. The van der Waals surface area contributed by atoms with Gasteiger partial charge in [-0.15, -0.1) is 0 Å². The number of carbonyl (C=O) groups excluding carboxylic acids is 2. The highest BCUT2D eigenvalue weighted by atomic mass is 32.2. The van der Waals surface area contributed by atoms with Crippen LogP contribution in [0.1, 0.15) is 98.3 Å². The second-order valence-electron chi connectivity index (χ2n) is 10.3. The van der Waals surface area contributed by atoms with Gasteiger partial charge in [0.25, 0.3) is 5.91 Å². The van der Waals surface area contributed by atoms with Crippen LogP contribution in [0.5, 0.6) is 5.75 Å². The van der Waals surface area contributed by atoms with Crippen LogP contribution < -0.4 is 14.8 Å². The summed E-state index contributed by atoms with van der Waals surface area (Å²) in [7, 11) is -4.27. The standard InChI is InChI=1S/C28H39F3N4O6S/c1-3-4-5-6-7-8-15-32-26(37)23-19-41-27(33-23)24-10-9-16-35(24)18-21-17-22(40-2)13-11-20(21)12-14-25(36)34-42(38,39)28(29,30)31/h11,13,17,19,24H,3-10,12,14-16,18H2,1-2H3,(H,32,37)(H,34,36)/t24-/m0/s1. The number of hydrogen-bond donors (Lipinski definition) is 2. The van der Waals surface area contributed by atoms with Crippen molar-refractivity contribution in [3.05, 3.63) is 47.2 Å². The maximum atomic E-state index is 12.6. The van der Waals surface area contributed by atoms with E-state index in [1.807, 2.05) is 0 Å². The molecule has 1 aromatic heterocycles. The minimum Gasteiger partial charge on any atom is -0.497 e. The lowest BCUT2D eigenvalue weighted by Gasteiger charge is -2.24. The number of likely N-dealkylation sites (tertiary alicyclic amines) is 1. The molecule has 3 rings (SSSR count). The Morgan fingerprint density at radius 2 is 1.88 bits per heavy atom. The molecule has 0 bridgehead atoms. The van der Waals surface area contributed by atoms with E-state index < -0.39 is 27.9 Å². The number of ether oxygens (including phenoxy) is 1.